The molecular weight excluding hydrogens is 448 g/mol. The smallest absolute Gasteiger partial charge is 0.0796 e. The van der Waals surface area contributed by atoms with E-state index in [1.54, 1.807) is 0 Å². The largest absolute Gasteiger partial charge is 0.370 e. The summed E-state index contributed by atoms with van der Waals surface area (Å²) in [7, 11) is 0. The van der Waals surface area contributed by atoms with Gasteiger partial charge in [0.05, 0.1) is 12.2 Å². The fourth-order valence-corrected chi connectivity index (χ4v) is 6.34. The highest BCUT2D eigenvalue weighted by atomic mass is 16.5. The van der Waals surface area contributed by atoms with Crippen LogP contribution in [0.25, 0.3) is 0 Å². The van der Waals surface area contributed by atoms with E-state index < -0.39 is 0 Å². The average Bonchev–Trinajstić information content (AvgIpc) is 3.19. The molecule has 0 aromatic carbocycles. The molecule has 0 radical (unpaired) electrons. The lowest BCUT2D eigenvalue weighted by Crippen LogP contribution is -2.27. The van der Waals surface area contributed by atoms with Gasteiger partial charge in [-0.3, -0.25) is 0 Å². The Hall–Kier alpha value is -2.12. The minimum absolute atomic E-state index is 0.143. The summed E-state index contributed by atoms with van der Waals surface area (Å²) in [4.78, 5) is 0. The zero-order valence-electron chi connectivity index (χ0n) is 24.7. The van der Waals surface area contributed by atoms with Crippen LogP contribution < -0.4 is 0 Å². The molecule has 0 aromatic rings. The second kappa shape index (κ2) is 15.3. The average molecular weight is 503 g/mol. The Bertz CT molecular complexity index is 894. The summed E-state index contributed by atoms with van der Waals surface area (Å²) in [5, 5.41) is 0. The predicted octanol–water partition coefficient (Wildman–Crippen LogP) is 10.2. The van der Waals surface area contributed by atoms with Gasteiger partial charge in [0, 0.05) is 5.92 Å². The Labute approximate surface area is 229 Å². The molecular formula is C36H54O. The van der Waals surface area contributed by atoms with E-state index in [0.717, 1.165) is 32.1 Å². The molecule has 0 amide bonds. The molecule has 0 aromatic heterocycles. The summed E-state index contributed by atoms with van der Waals surface area (Å²) in [6.45, 7) is 30.9. The van der Waals surface area contributed by atoms with Gasteiger partial charge >= 0.3 is 0 Å². The summed E-state index contributed by atoms with van der Waals surface area (Å²) in [6.07, 6.45) is 25.4. The standard InChI is InChI=1S/C36H54O/c1-11-14-18-31(13-3)26(6)22-23-33(29(9)28(8)32(25(4)5)19-15-12-2)27(7)24-36-30(10)34-20-16-17-21-35(34)37-36/h11-12,14-16,18-20,22,25,27-28,31-36H,1-2,9-10,13,17,21,23-24H2,3-8H3/b18-14-,19-15-,26-22+/t27?,28?,31-,32?,33-,34?,35?,36?/m1/s1. The van der Waals surface area contributed by atoms with Crippen molar-refractivity contribution in [2.24, 2.45) is 41.4 Å². The van der Waals surface area contributed by atoms with Crippen molar-refractivity contribution in [3.05, 3.63) is 97.7 Å². The van der Waals surface area contributed by atoms with E-state index >= 15 is 0 Å². The van der Waals surface area contributed by atoms with Gasteiger partial charge in [0.2, 0.25) is 0 Å². The molecule has 2 rings (SSSR count). The number of allylic oxidation sites excluding steroid dienone is 10. The molecule has 0 saturated carbocycles. The van der Waals surface area contributed by atoms with E-state index in [4.69, 9.17) is 11.3 Å². The molecule has 1 heteroatoms. The monoisotopic (exact) mass is 502 g/mol. The minimum Gasteiger partial charge on any atom is -0.370 e. The van der Waals surface area contributed by atoms with Gasteiger partial charge in [-0.15, -0.1) is 0 Å². The zero-order chi connectivity index (χ0) is 27.5. The van der Waals surface area contributed by atoms with Crippen molar-refractivity contribution in [2.45, 2.75) is 85.9 Å². The van der Waals surface area contributed by atoms with Crippen LogP contribution in [-0.2, 0) is 4.74 Å². The van der Waals surface area contributed by atoms with Crippen molar-refractivity contribution in [1.82, 2.24) is 0 Å². The third-order valence-electron chi connectivity index (χ3n) is 8.89. The topological polar surface area (TPSA) is 9.23 Å². The molecule has 8 atom stereocenters. The van der Waals surface area contributed by atoms with Gasteiger partial charge in [-0.2, -0.15) is 0 Å². The van der Waals surface area contributed by atoms with E-state index in [0.29, 0.717) is 47.5 Å². The fraction of sp³-hybridized carbons (Fsp3) is 0.556. The predicted molar refractivity (Wildman–Crippen MR) is 164 cm³/mol. The highest BCUT2D eigenvalue weighted by Crippen LogP contribution is 2.43. The second-order valence-electron chi connectivity index (χ2n) is 11.7. The summed E-state index contributed by atoms with van der Waals surface area (Å²) in [6, 6.07) is 0. The van der Waals surface area contributed by atoms with Gasteiger partial charge in [0.15, 0.2) is 0 Å². The molecule has 0 spiro atoms. The van der Waals surface area contributed by atoms with E-state index in [2.05, 4.69) is 104 Å². The quantitative estimate of drug-likeness (QED) is 0.160. The second-order valence-corrected chi connectivity index (χ2v) is 11.7. The number of hydrogen-bond donors (Lipinski definition) is 0. The summed E-state index contributed by atoms with van der Waals surface area (Å²) < 4.78 is 6.57. The van der Waals surface area contributed by atoms with Gasteiger partial charge in [0.25, 0.3) is 0 Å². The number of hydrogen-bond acceptors (Lipinski definition) is 1. The summed E-state index contributed by atoms with van der Waals surface area (Å²) in [5.41, 5.74) is 4.06. The van der Waals surface area contributed by atoms with E-state index in [9.17, 15) is 0 Å². The van der Waals surface area contributed by atoms with E-state index in [1.165, 1.54) is 16.7 Å². The molecule has 1 saturated heterocycles. The number of fused-ring (bicyclic) bond motifs is 1. The Morgan fingerprint density at radius 3 is 2.38 bits per heavy atom. The summed E-state index contributed by atoms with van der Waals surface area (Å²) >= 11 is 0. The van der Waals surface area contributed by atoms with Crippen LogP contribution in [0.3, 0.4) is 0 Å². The Morgan fingerprint density at radius 2 is 1.78 bits per heavy atom. The number of ether oxygens (including phenoxy) is 1. The molecule has 1 heterocycles. The molecule has 6 unspecified atom stereocenters. The maximum atomic E-state index is 6.57. The van der Waals surface area contributed by atoms with Crippen LogP contribution in [0.4, 0.5) is 0 Å². The van der Waals surface area contributed by atoms with Crippen LogP contribution in [0.1, 0.15) is 73.6 Å². The Balaban J connectivity index is 2.29. The first-order valence-electron chi connectivity index (χ1n) is 14.6. The molecule has 204 valence electrons. The molecule has 1 nitrogen and oxygen atoms in total. The lowest BCUT2D eigenvalue weighted by molar-refractivity contribution is 0.0233. The van der Waals surface area contributed by atoms with Gasteiger partial charge < -0.3 is 4.74 Å². The van der Waals surface area contributed by atoms with Crippen LogP contribution in [0.5, 0.6) is 0 Å². The van der Waals surface area contributed by atoms with Crippen LogP contribution in [0.15, 0.2) is 97.7 Å². The van der Waals surface area contributed by atoms with Crippen molar-refractivity contribution in [1.29, 1.82) is 0 Å². The van der Waals surface area contributed by atoms with Crippen LogP contribution >= 0.6 is 0 Å². The third-order valence-corrected chi connectivity index (χ3v) is 8.89. The van der Waals surface area contributed by atoms with Crippen molar-refractivity contribution in [3.63, 3.8) is 0 Å². The minimum atomic E-state index is 0.143. The first-order chi connectivity index (χ1) is 17.7. The van der Waals surface area contributed by atoms with E-state index in [1.807, 2.05) is 12.2 Å². The molecule has 37 heavy (non-hydrogen) atoms. The highest BCUT2D eigenvalue weighted by Gasteiger charge is 2.39. The third kappa shape index (κ3) is 8.44. The molecule has 0 bridgehead atoms. The first-order valence-corrected chi connectivity index (χ1v) is 14.6. The Morgan fingerprint density at radius 1 is 1.11 bits per heavy atom. The maximum absolute atomic E-state index is 6.57. The van der Waals surface area contributed by atoms with Crippen LogP contribution in [0.2, 0.25) is 0 Å². The molecule has 0 N–H and O–H groups in total. The molecule has 1 aliphatic carbocycles. The van der Waals surface area contributed by atoms with Crippen molar-refractivity contribution in [2.75, 3.05) is 0 Å². The maximum Gasteiger partial charge on any atom is 0.0796 e. The lowest BCUT2D eigenvalue weighted by Gasteiger charge is -2.35. The molecule has 1 aliphatic heterocycles. The molecule has 1 fully saturated rings. The Kier molecular flexibility index (Phi) is 12.9. The van der Waals surface area contributed by atoms with Gasteiger partial charge in [-0.1, -0.05) is 127 Å². The highest BCUT2D eigenvalue weighted by molar-refractivity contribution is 5.24. The lowest BCUT2D eigenvalue weighted by atomic mass is 9.71. The van der Waals surface area contributed by atoms with Crippen molar-refractivity contribution < 1.29 is 4.74 Å². The van der Waals surface area contributed by atoms with Gasteiger partial charge in [0.1, 0.15) is 0 Å². The first kappa shape index (κ1) is 31.1. The van der Waals surface area contributed by atoms with Gasteiger partial charge in [-0.25, -0.2) is 0 Å². The van der Waals surface area contributed by atoms with Crippen molar-refractivity contribution >= 4 is 0 Å². The van der Waals surface area contributed by atoms with Gasteiger partial charge in [-0.05, 0) is 80.1 Å². The van der Waals surface area contributed by atoms with Crippen molar-refractivity contribution in [3.8, 4) is 0 Å². The zero-order valence-corrected chi connectivity index (χ0v) is 24.7. The normalized spacial score (nSPS) is 26.3. The summed E-state index contributed by atoms with van der Waals surface area (Å²) in [5.74, 6) is 3.05. The number of rotatable bonds is 15. The molecule has 2 aliphatic rings. The van der Waals surface area contributed by atoms with E-state index in [-0.39, 0.29) is 6.10 Å². The van der Waals surface area contributed by atoms with Crippen LogP contribution in [-0.4, -0.2) is 12.2 Å². The SMILES string of the molecule is C=C/C=C\C(C(C)C)C(C)C(=C)[C@H](C/C=C(\C)[C@@H](/C=C\C=C)CC)C(C)CC1OC2CCC=CC2C1=C. The fourth-order valence-electron chi connectivity index (χ4n) is 6.34. The van der Waals surface area contributed by atoms with Crippen LogP contribution in [0, 0.1) is 41.4 Å².